The predicted molar refractivity (Wildman–Crippen MR) is 108 cm³/mol. The van der Waals surface area contributed by atoms with E-state index < -0.39 is 54.9 Å². The Labute approximate surface area is 178 Å². The highest BCUT2D eigenvalue weighted by Gasteiger charge is 2.30. The van der Waals surface area contributed by atoms with E-state index in [0.717, 1.165) is 0 Å². The number of aliphatic carboxylic acids is 4. The molecule has 0 aliphatic heterocycles. The van der Waals surface area contributed by atoms with Crippen LogP contribution in [-0.4, -0.2) is 86.0 Å². The van der Waals surface area contributed by atoms with Crippen molar-refractivity contribution >= 4 is 30.0 Å². The summed E-state index contributed by atoms with van der Waals surface area (Å²) in [5.74, 6) is -5.51. The Bertz CT molecular complexity index is 812. The highest BCUT2D eigenvalue weighted by molar-refractivity contribution is 5.81. The highest BCUT2D eigenvalue weighted by Crippen LogP contribution is 2.21. The molecule has 11 heteroatoms. The largest absolute Gasteiger partial charge is 0.481 e. The minimum Gasteiger partial charge on any atom is -0.481 e. The van der Waals surface area contributed by atoms with Gasteiger partial charge in [-0.3, -0.25) is 24.1 Å². The molecule has 0 radical (unpaired) electrons. The van der Waals surface area contributed by atoms with E-state index in [0.29, 0.717) is 11.1 Å². The zero-order valence-electron chi connectivity index (χ0n) is 16.7. The Morgan fingerprint density at radius 2 is 1.61 bits per heavy atom. The average molecular weight is 438 g/mol. The molecule has 3 atom stereocenters. The van der Waals surface area contributed by atoms with Gasteiger partial charge in [-0.25, -0.2) is 0 Å². The lowest BCUT2D eigenvalue weighted by atomic mass is 10.0. The molecule has 1 aromatic carbocycles. The number of hydrogen-bond acceptors (Lipinski definition) is 7. The maximum absolute atomic E-state index is 11.7. The Morgan fingerprint density at radius 3 is 2.13 bits per heavy atom. The van der Waals surface area contributed by atoms with Crippen LogP contribution in [-0.2, 0) is 19.2 Å². The molecule has 0 bridgehead atoms. The molecular formula is C20H26N2O9. The van der Waals surface area contributed by atoms with Gasteiger partial charge in [0.15, 0.2) is 0 Å². The van der Waals surface area contributed by atoms with Crippen molar-refractivity contribution in [3.8, 4) is 0 Å². The van der Waals surface area contributed by atoms with Crippen molar-refractivity contribution in [3.05, 3.63) is 42.0 Å². The summed E-state index contributed by atoms with van der Waals surface area (Å²) in [5.41, 5.74) is 1.08. The third kappa shape index (κ3) is 8.54. The topological polar surface area (TPSA) is 185 Å². The Balaban J connectivity index is 3.03. The molecule has 0 saturated heterocycles. The second kappa shape index (κ2) is 12.4. The van der Waals surface area contributed by atoms with Crippen LogP contribution in [0.2, 0.25) is 0 Å². The number of benzene rings is 1. The van der Waals surface area contributed by atoms with Crippen LogP contribution >= 0.6 is 0 Å². The lowest BCUT2D eigenvalue weighted by Crippen LogP contribution is -2.49. The van der Waals surface area contributed by atoms with E-state index in [-0.39, 0.29) is 19.6 Å². The number of aliphatic hydroxyl groups excluding tert-OH is 1. The molecule has 6 N–H and O–H groups in total. The molecule has 0 saturated carbocycles. The number of rotatable bonds is 15. The second-order valence-corrected chi connectivity index (χ2v) is 6.74. The minimum atomic E-state index is -1.49. The van der Waals surface area contributed by atoms with Crippen molar-refractivity contribution in [2.75, 3.05) is 19.6 Å². The van der Waals surface area contributed by atoms with Crippen LogP contribution in [0.4, 0.5) is 0 Å². The summed E-state index contributed by atoms with van der Waals surface area (Å²) in [6.07, 6.45) is -1.11. The van der Waals surface area contributed by atoms with Crippen molar-refractivity contribution < 1.29 is 44.7 Å². The van der Waals surface area contributed by atoms with Gasteiger partial charge in [0.05, 0.1) is 18.9 Å². The first-order chi connectivity index (χ1) is 14.6. The van der Waals surface area contributed by atoms with E-state index in [1.165, 1.54) is 11.0 Å². The van der Waals surface area contributed by atoms with Gasteiger partial charge in [0.25, 0.3) is 0 Å². The van der Waals surface area contributed by atoms with Crippen LogP contribution < -0.4 is 5.32 Å². The number of carboxylic acids is 4. The van der Waals surface area contributed by atoms with Gasteiger partial charge < -0.3 is 30.8 Å². The van der Waals surface area contributed by atoms with Crippen molar-refractivity contribution in [3.63, 3.8) is 0 Å². The van der Waals surface area contributed by atoms with Gasteiger partial charge in [0, 0.05) is 19.6 Å². The van der Waals surface area contributed by atoms with Crippen LogP contribution in [0.1, 0.15) is 30.1 Å². The monoisotopic (exact) mass is 438 g/mol. The van der Waals surface area contributed by atoms with Crippen LogP contribution in [0.25, 0.3) is 6.08 Å². The van der Waals surface area contributed by atoms with Gasteiger partial charge in [-0.15, -0.1) is 0 Å². The molecule has 0 aromatic heterocycles. The fourth-order valence-electron chi connectivity index (χ4n) is 3.04. The molecule has 0 amide bonds. The molecular weight excluding hydrogens is 412 g/mol. The molecule has 1 aromatic rings. The molecule has 31 heavy (non-hydrogen) atoms. The molecule has 0 aliphatic rings. The minimum absolute atomic E-state index is 0.149. The number of nitrogens with zero attached hydrogens (tertiary/aromatic N) is 1. The summed E-state index contributed by atoms with van der Waals surface area (Å²) in [6, 6.07) is 3.83. The lowest BCUT2D eigenvalue weighted by molar-refractivity contribution is -0.150. The summed E-state index contributed by atoms with van der Waals surface area (Å²) in [7, 11) is 0. The Hall–Kier alpha value is -3.28. The molecule has 11 nitrogen and oxygen atoms in total. The number of hydrogen-bond donors (Lipinski definition) is 6. The van der Waals surface area contributed by atoms with E-state index in [2.05, 4.69) is 11.9 Å². The van der Waals surface area contributed by atoms with Gasteiger partial charge >= 0.3 is 23.9 Å². The third-order valence-corrected chi connectivity index (χ3v) is 4.54. The fraction of sp³-hybridized carbons (Fsp3) is 0.400. The van der Waals surface area contributed by atoms with E-state index in [1.54, 1.807) is 24.3 Å². The molecule has 0 spiro atoms. The van der Waals surface area contributed by atoms with Gasteiger partial charge in [-0.05, 0) is 11.1 Å². The lowest BCUT2D eigenvalue weighted by Gasteiger charge is -2.31. The van der Waals surface area contributed by atoms with E-state index >= 15 is 0 Å². The van der Waals surface area contributed by atoms with Crippen molar-refractivity contribution in [2.24, 2.45) is 0 Å². The van der Waals surface area contributed by atoms with Crippen molar-refractivity contribution in [2.45, 2.75) is 31.0 Å². The molecule has 3 unspecified atom stereocenters. The molecule has 0 fully saturated rings. The normalized spacial score (nSPS) is 13.9. The van der Waals surface area contributed by atoms with E-state index in [1.807, 2.05) is 0 Å². The maximum Gasteiger partial charge on any atom is 0.321 e. The zero-order valence-corrected chi connectivity index (χ0v) is 16.7. The first-order valence-electron chi connectivity index (χ1n) is 9.32. The SMILES string of the molecule is C=Cc1ccccc1C(O)CN(CCNC(CC(=O)O)C(=O)O)C(CC(=O)O)C(=O)O. The first-order valence-corrected chi connectivity index (χ1v) is 9.32. The summed E-state index contributed by atoms with van der Waals surface area (Å²) < 4.78 is 0. The summed E-state index contributed by atoms with van der Waals surface area (Å²) in [4.78, 5) is 46.0. The first kappa shape index (κ1) is 25.8. The van der Waals surface area contributed by atoms with Crippen LogP contribution in [0.3, 0.4) is 0 Å². The molecule has 1 rings (SSSR count). The number of carbonyl (C=O) groups is 4. The summed E-state index contributed by atoms with van der Waals surface area (Å²) in [5, 5.41) is 49.6. The van der Waals surface area contributed by atoms with Crippen molar-refractivity contribution in [1.82, 2.24) is 10.2 Å². The van der Waals surface area contributed by atoms with Crippen molar-refractivity contribution in [1.29, 1.82) is 0 Å². The van der Waals surface area contributed by atoms with Gasteiger partial charge in [-0.1, -0.05) is 36.9 Å². The van der Waals surface area contributed by atoms with Gasteiger partial charge in [0.1, 0.15) is 12.1 Å². The third-order valence-electron chi connectivity index (χ3n) is 4.54. The van der Waals surface area contributed by atoms with Crippen LogP contribution in [0, 0.1) is 0 Å². The highest BCUT2D eigenvalue weighted by atomic mass is 16.4. The molecule has 170 valence electrons. The Kier molecular flexibility index (Phi) is 10.3. The zero-order chi connectivity index (χ0) is 23.6. The fourth-order valence-corrected chi connectivity index (χ4v) is 3.04. The number of aliphatic hydroxyl groups is 1. The smallest absolute Gasteiger partial charge is 0.321 e. The molecule has 0 heterocycles. The quantitative estimate of drug-likeness (QED) is 0.218. The summed E-state index contributed by atoms with van der Waals surface area (Å²) >= 11 is 0. The van der Waals surface area contributed by atoms with Crippen LogP contribution in [0.5, 0.6) is 0 Å². The second-order valence-electron chi connectivity index (χ2n) is 6.74. The van der Waals surface area contributed by atoms with E-state index in [9.17, 15) is 29.4 Å². The standard InChI is InChI=1S/C20H26N2O9/c1-2-12-5-3-4-6-13(12)16(23)11-22(15(20(30)31)10-18(26)27)8-7-21-14(19(28)29)9-17(24)25/h2-6,14-16,21,23H,1,7-11H2,(H,24,25)(H,26,27)(H,28,29)(H,30,31). The van der Waals surface area contributed by atoms with Gasteiger partial charge in [-0.2, -0.15) is 0 Å². The molecule has 0 aliphatic carbocycles. The average Bonchev–Trinajstić information content (AvgIpc) is 2.69. The maximum atomic E-state index is 11.7. The predicted octanol–water partition coefficient (Wildman–Crippen LogP) is 0.110. The number of nitrogens with one attached hydrogen (secondary N) is 1. The van der Waals surface area contributed by atoms with E-state index in [4.69, 9.17) is 15.3 Å². The number of carboxylic acid groups (broad SMARTS) is 4. The van der Waals surface area contributed by atoms with Crippen LogP contribution in [0.15, 0.2) is 30.8 Å². The van der Waals surface area contributed by atoms with Gasteiger partial charge in [0.2, 0.25) is 0 Å². The summed E-state index contributed by atoms with van der Waals surface area (Å²) in [6.45, 7) is 3.10. The Morgan fingerprint density at radius 1 is 1.00 bits per heavy atom.